The summed E-state index contributed by atoms with van der Waals surface area (Å²) >= 11 is 0. The first-order valence-corrected chi connectivity index (χ1v) is 18.2. The largest absolute Gasteiger partial charge is 0.329 e. The molecule has 0 unspecified atom stereocenters. The molecule has 260 valence electrons. The van der Waals surface area contributed by atoms with Crippen LogP contribution in [0.1, 0.15) is 54.0 Å². The zero-order valence-corrected chi connectivity index (χ0v) is 29.4. The highest BCUT2D eigenvalue weighted by Crippen LogP contribution is 2.47. The smallest absolute Gasteiger partial charge is 0.281 e. The van der Waals surface area contributed by atoms with Crippen LogP contribution in [0.15, 0.2) is 60.8 Å². The van der Waals surface area contributed by atoms with Crippen LogP contribution < -0.4 is 16.0 Å². The third-order valence-electron chi connectivity index (χ3n) is 10.5. The van der Waals surface area contributed by atoms with Crippen LogP contribution in [-0.2, 0) is 55.9 Å². The first kappa shape index (κ1) is 34.7. The summed E-state index contributed by atoms with van der Waals surface area (Å²) in [5.41, 5.74) is 3.98. The molecule has 0 saturated carbocycles. The predicted molar refractivity (Wildman–Crippen MR) is 188 cm³/mol. The number of piperidine rings is 1. The van der Waals surface area contributed by atoms with Crippen molar-refractivity contribution in [1.29, 1.82) is 0 Å². The molecule has 3 amide bonds. The number of fused-ring (bicyclic) bond motifs is 3. The summed E-state index contributed by atoms with van der Waals surface area (Å²) < 4.78 is 28.3. The van der Waals surface area contributed by atoms with E-state index in [9.17, 15) is 22.8 Å². The molecule has 3 N–H and O–H groups in total. The standard InChI is InChI=1S/C36H45N7O5S/c1-5-35(14-17-43(18-15-35)49(47,48)41(3)4)34(46)42(23-27-10-7-6-9-26(27)22-37-2)24-31(44)39-29-13-12-25-20-36(21-28(25)19-29)30-11-8-16-38-32(30)40-33(36)45/h6-13,16,19,37H,5,14-15,17-18,20-24H2,1-4H3,(H,39,44)(H,38,40,45)/t36-/m1/s1. The van der Waals surface area contributed by atoms with Gasteiger partial charge in [0.1, 0.15) is 12.4 Å². The molecule has 1 atom stereocenters. The van der Waals surface area contributed by atoms with Crippen LogP contribution in [0.4, 0.5) is 11.5 Å². The summed E-state index contributed by atoms with van der Waals surface area (Å²) in [7, 11) is 1.27. The van der Waals surface area contributed by atoms with Gasteiger partial charge in [-0.1, -0.05) is 43.3 Å². The van der Waals surface area contributed by atoms with E-state index in [1.54, 1.807) is 11.1 Å². The van der Waals surface area contributed by atoms with Crippen LogP contribution in [0.3, 0.4) is 0 Å². The SMILES string of the molecule is CCC1(C(=O)N(CC(=O)Nc2ccc3c(c2)C[C@@]2(C3)C(=O)Nc3ncccc32)Cc2ccccc2CNC)CCN(S(=O)(=O)N(C)C)CC1. The molecule has 0 bridgehead atoms. The van der Waals surface area contributed by atoms with Gasteiger partial charge >= 0.3 is 0 Å². The second-order valence-electron chi connectivity index (χ2n) is 13.6. The number of pyridine rings is 1. The van der Waals surface area contributed by atoms with E-state index in [0.29, 0.717) is 50.2 Å². The maximum Gasteiger partial charge on any atom is 0.281 e. The highest BCUT2D eigenvalue weighted by Gasteiger charge is 2.51. The molecule has 1 spiro atoms. The Morgan fingerprint density at radius 1 is 1.00 bits per heavy atom. The highest BCUT2D eigenvalue weighted by molar-refractivity contribution is 7.86. The molecular formula is C36H45N7O5S. The van der Waals surface area contributed by atoms with E-state index >= 15 is 0 Å². The monoisotopic (exact) mass is 687 g/mol. The van der Waals surface area contributed by atoms with Gasteiger partial charge in [-0.25, -0.2) is 4.98 Å². The lowest BCUT2D eigenvalue weighted by Crippen LogP contribution is -2.53. The van der Waals surface area contributed by atoms with E-state index in [4.69, 9.17) is 0 Å². The summed E-state index contributed by atoms with van der Waals surface area (Å²) in [5, 5.41) is 9.12. The van der Waals surface area contributed by atoms with E-state index in [-0.39, 0.29) is 43.9 Å². The lowest BCUT2D eigenvalue weighted by atomic mass is 9.75. The average Bonchev–Trinajstić information content (AvgIpc) is 3.61. The molecule has 3 aliphatic rings. The quantitative estimate of drug-likeness (QED) is 0.281. The summed E-state index contributed by atoms with van der Waals surface area (Å²) in [6, 6.07) is 17.4. The van der Waals surface area contributed by atoms with Gasteiger partial charge in [0.15, 0.2) is 0 Å². The molecule has 1 aliphatic carbocycles. The van der Waals surface area contributed by atoms with Gasteiger partial charge < -0.3 is 20.9 Å². The molecule has 49 heavy (non-hydrogen) atoms. The normalized spacial score (nSPS) is 19.8. The van der Waals surface area contributed by atoms with Crippen molar-refractivity contribution in [3.05, 3.63) is 88.6 Å². The first-order chi connectivity index (χ1) is 23.4. The topological polar surface area (TPSA) is 144 Å². The maximum absolute atomic E-state index is 14.5. The second-order valence-corrected chi connectivity index (χ2v) is 15.7. The van der Waals surface area contributed by atoms with Gasteiger partial charge in [0, 0.05) is 57.7 Å². The van der Waals surface area contributed by atoms with Crippen LogP contribution in [0.5, 0.6) is 0 Å². The van der Waals surface area contributed by atoms with E-state index in [0.717, 1.165) is 27.8 Å². The Balaban J connectivity index is 1.22. The van der Waals surface area contributed by atoms with Crippen molar-refractivity contribution in [3.63, 3.8) is 0 Å². The van der Waals surface area contributed by atoms with Gasteiger partial charge in [-0.05, 0) is 79.6 Å². The third kappa shape index (κ3) is 6.48. The summed E-state index contributed by atoms with van der Waals surface area (Å²) in [5.74, 6) is 0.0521. The number of nitrogens with one attached hydrogen (secondary N) is 3. The number of nitrogens with zero attached hydrogens (tertiary/aromatic N) is 4. The fraction of sp³-hybridized carbons (Fsp3) is 0.444. The van der Waals surface area contributed by atoms with Crippen molar-refractivity contribution in [3.8, 4) is 0 Å². The van der Waals surface area contributed by atoms with Crippen LogP contribution in [0.2, 0.25) is 0 Å². The molecule has 2 aliphatic heterocycles. The number of carbonyl (C=O) groups is 3. The number of hydrogen-bond acceptors (Lipinski definition) is 7. The lowest BCUT2D eigenvalue weighted by molar-refractivity contribution is -0.147. The number of benzene rings is 2. The molecular weight excluding hydrogens is 643 g/mol. The van der Waals surface area contributed by atoms with Gasteiger partial charge in [0.05, 0.1) is 10.8 Å². The van der Waals surface area contributed by atoms with E-state index in [1.807, 2.05) is 68.6 Å². The van der Waals surface area contributed by atoms with E-state index in [1.165, 1.54) is 22.7 Å². The molecule has 0 radical (unpaired) electrons. The van der Waals surface area contributed by atoms with Crippen molar-refractivity contribution in [2.24, 2.45) is 5.41 Å². The van der Waals surface area contributed by atoms with Crippen LogP contribution in [0, 0.1) is 5.41 Å². The van der Waals surface area contributed by atoms with Gasteiger partial charge in [-0.3, -0.25) is 14.4 Å². The van der Waals surface area contributed by atoms with E-state index in [2.05, 4.69) is 20.9 Å². The van der Waals surface area contributed by atoms with Crippen LogP contribution in [-0.4, -0.2) is 85.4 Å². The maximum atomic E-state index is 14.5. The minimum Gasteiger partial charge on any atom is -0.329 e. The van der Waals surface area contributed by atoms with Gasteiger partial charge in [0.25, 0.3) is 10.2 Å². The lowest BCUT2D eigenvalue weighted by Gasteiger charge is -2.42. The van der Waals surface area contributed by atoms with Crippen molar-refractivity contribution in [1.82, 2.24) is 23.8 Å². The Bertz CT molecular complexity index is 1870. The number of hydrogen-bond donors (Lipinski definition) is 3. The molecule has 3 heterocycles. The number of rotatable bonds is 11. The molecule has 1 fully saturated rings. The average molecular weight is 688 g/mol. The molecule has 3 aromatic rings. The van der Waals surface area contributed by atoms with Crippen LogP contribution in [0.25, 0.3) is 0 Å². The zero-order chi connectivity index (χ0) is 35.0. The number of aromatic nitrogens is 1. The molecule has 1 saturated heterocycles. The second kappa shape index (κ2) is 13.6. The molecule has 6 rings (SSSR count). The fourth-order valence-corrected chi connectivity index (χ4v) is 8.73. The number of amides is 3. The van der Waals surface area contributed by atoms with Crippen LogP contribution >= 0.6 is 0 Å². The molecule has 12 nitrogen and oxygen atoms in total. The summed E-state index contributed by atoms with van der Waals surface area (Å²) in [6.07, 6.45) is 3.98. The van der Waals surface area contributed by atoms with Gasteiger partial charge in [0.2, 0.25) is 17.7 Å². The molecule has 2 aromatic carbocycles. The third-order valence-corrected chi connectivity index (χ3v) is 12.5. The minimum absolute atomic E-state index is 0.0642. The zero-order valence-electron chi connectivity index (χ0n) is 28.6. The van der Waals surface area contributed by atoms with Crippen molar-refractivity contribution >= 4 is 39.4 Å². The Kier molecular flexibility index (Phi) is 9.64. The van der Waals surface area contributed by atoms with Gasteiger partial charge in [-0.15, -0.1) is 0 Å². The Labute approximate surface area is 288 Å². The van der Waals surface area contributed by atoms with Crippen molar-refractivity contribution in [2.75, 3.05) is 51.4 Å². The molecule has 13 heteroatoms. The van der Waals surface area contributed by atoms with E-state index < -0.39 is 21.0 Å². The summed E-state index contributed by atoms with van der Waals surface area (Å²) in [4.78, 5) is 47.4. The molecule has 1 aromatic heterocycles. The minimum atomic E-state index is -3.60. The van der Waals surface area contributed by atoms with Crippen molar-refractivity contribution < 1.29 is 22.8 Å². The number of anilines is 2. The fourth-order valence-electron chi connectivity index (χ4n) is 7.63. The Morgan fingerprint density at radius 3 is 2.41 bits per heavy atom. The Morgan fingerprint density at radius 2 is 1.71 bits per heavy atom. The first-order valence-electron chi connectivity index (χ1n) is 16.8. The highest BCUT2D eigenvalue weighted by atomic mass is 32.2. The Hall–Kier alpha value is -4.17. The predicted octanol–water partition coefficient (Wildman–Crippen LogP) is 3.06. The van der Waals surface area contributed by atoms with Gasteiger partial charge in [-0.2, -0.15) is 17.0 Å². The summed E-state index contributed by atoms with van der Waals surface area (Å²) in [6.45, 7) is 3.09. The number of carbonyl (C=O) groups excluding carboxylic acids is 3. The van der Waals surface area contributed by atoms with Crippen molar-refractivity contribution in [2.45, 2.75) is 57.5 Å².